The number of aromatic carboxylic acids is 1. The highest BCUT2D eigenvalue weighted by Gasteiger charge is 2.17. The number of hydrogen-bond acceptors (Lipinski definition) is 3. The van der Waals surface area contributed by atoms with Gasteiger partial charge in [0, 0.05) is 5.56 Å². The van der Waals surface area contributed by atoms with Crippen molar-refractivity contribution in [3.8, 4) is 5.75 Å². The van der Waals surface area contributed by atoms with E-state index in [0.29, 0.717) is 11.3 Å². The molecule has 1 aromatic carbocycles. The number of benzene rings is 1. The lowest BCUT2D eigenvalue weighted by molar-refractivity contribution is 0.0693. The van der Waals surface area contributed by atoms with E-state index in [-0.39, 0.29) is 16.3 Å². The van der Waals surface area contributed by atoms with E-state index in [1.165, 1.54) is 13.2 Å². The summed E-state index contributed by atoms with van der Waals surface area (Å²) in [6, 6.07) is 1.28. The van der Waals surface area contributed by atoms with Crippen molar-refractivity contribution >= 4 is 23.3 Å². The number of nitrogens with two attached hydrogens (primary N) is 1. The number of hydrogen-bond donors (Lipinski definition) is 2. The molecule has 0 aliphatic heterocycles. The average Bonchev–Trinajstić information content (AvgIpc) is 2.13. The third-order valence-electron chi connectivity index (χ3n) is 1.95. The summed E-state index contributed by atoms with van der Waals surface area (Å²) in [5.74, 6) is -0.841. The summed E-state index contributed by atoms with van der Waals surface area (Å²) >= 11 is 5.75. The van der Waals surface area contributed by atoms with Gasteiger partial charge in [-0.1, -0.05) is 11.6 Å². The van der Waals surface area contributed by atoms with Crippen molar-refractivity contribution in [3.05, 3.63) is 22.2 Å². The Balaban J connectivity index is 3.51. The third kappa shape index (κ3) is 1.61. The number of anilines is 1. The first kappa shape index (κ1) is 10.7. The van der Waals surface area contributed by atoms with E-state index >= 15 is 0 Å². The molecule has 0 spiro atoms. The smallest absolute Gasteiger partial charge is 0.339 e. The molecular formula is C9H10ClNO3. The number of carboxylic acid groups (broad SMARTS) is 1. The fourth-order valence-electron chi connectivity index (χ4n) is 1.20. The minimum atomic E-state index is -1.09. The van der Waals surface area contributed by atoms with Crippen molar-refractivity contribution in [1.29, 1.82) is 0 Å². The molecule has 0 bridgehead atoms. The van der Waals surface area contributed by atoms with Crippen molar-refractivity contribution in [2.24, 2.45) is 0 Å². The fourth-order valence-corrected chi connectivity index (χ4v) is 1.45. The minimum Gasteiger partial charge on any atom is -0.495 e. The highest BCUT2D eigenvalue weighted by Crippen LogP contribution is 2.33. The standard InChI is InChI=1S/C9H10ClNO3/c1-4-7(11)6(10)3-5(9(12)13)8(4)14-2/h3H,11H2,1-2H3,(H,12,13). The summed E-state index contributed by atoms with van der Waals surface area (Å²) in [6.07, 6.45) is 0. The van der Waals surface area contributed by atoms with Gasteiger partial charge in [-0.25, -0.2) is 4.79 Å². The number of ether oxygens (including phenoxy) is 1. The van der Waals surface area contributed by atoms with Gasteiger partial charge >= 0.3 is 5.97 Å². The Morgan fingerprint density at radius 2 is 2.21 bits per heavy atom. The lowest BCUT2D eigenvalue weighted by Gasteiger charge is -2.11. The van der Waals surface area contributed by atoms with Crippen LogP contribution in [0.2, 0.25) is 5.02 Å². The van der Waals surface area contributed by atoms with Crippen LogP contribution in [-0.4, -0.2) is 18.2 Å². The summed E-state index contributed by atoms with van der Waals surface area (Å²) in [7, 11) is 1.39. The van der Waals surface area contributed by atoms with E-state index in [9.17, 15) is 4.79 Å². The van der Waals surface area contributed by atoms with Crippen LogP contribution in [0, 0.1) is 6.92 Å². The zero-order valence-electron chi connectivity index (χ0n) is 7.80. The highest BCUT2D eigenvalue weighted by molar-refractivity contribution is 6.33. The first-order valence-corrected chi connectivity index (χ1v) is 4.22. The van der Waals surface area contributed by atoms with Crippen LogP contribution in [0.1, 0.15) is 15.9 Å². The Morgan fingerprint density at radius 1 is 1.64 bits per heavy atom. The second kappa shape index (κ2) is 3.75. The summed E-state index contributed by atoms with van der Waals surface area (Å²) in [4.78, 5) is 10.8. The molecule has 3 N–H and O–H groups in total. The maximum absolute atomic E-state index is 10.8. The molecular weight excluding hydrogens is 206 g/mol. The van der Waals surface area contributed by atoms with Crippen LogP contribution in [0.4, 0.5) is 5.69 Å². The van der Waals surface area contributed by atoms with Gasteiger partial charge in [0.25, 0.3) is 0 Å². The second-order valence-electron chi connectivity index (χ2n) is 2.78. The van der Waals surface area contributed by atoms with Crippen molar-refractivity contribution in [3.63, 3.8) is 0 Å². The number of carbonyl (C=O) groups is 1. The number of methoxy groups -OCH3 is 1. The van der Waals surface area contributed by atoms with E-state index in [1.54, 1.807) is 6.92 Å². The number of carboxylic acids is 1. The van der Waals surface area contributed by atoms with Crippen LogP contribution in [0.25, 0.3) is 0 Å². The Morgan fingerprint density at radius 3 is 2.64 bits per heavy atom. The maximum atomic E-state index is 10.8. The van der Waals surface area contributed by atoms with Crippen LogP contribution < -0.4 is 10.5 Å². The zero-order valence-corrected chi connectivity index (χ0v) is 8.55. The van der Waals surface area contributed by atoms with E-state index < -0.39 is 5.97 Å². The molecule has 0 aromatic heterocycles. The quantitative estimate of drug-likeness (QED) is 0.740. The van der Waals surface area contributed by atoms with Gasteiger partial charge < -0.3 is 15.6 Å². The van der Waals surface area contributed by atoms with E-state index in [4.69, 9.17) is 27.2 Å². The topological polar surface area (TPSA) is 72.5 Å². The lowest BCUT2D eigenvalue weighted by Crippen LogP contribution is -2.04. The monoisotopic (exact) mass is 215 g/mol. The van der Waals surface area contributed by atoms with Gasteiger partial charge in [0.2, 0.25) is 0 Å². The predicted octanol–water partition coefficient (Wildman–Crippen LogP) is 1.94. The van der Waals surface area contributed by atoms with Gasteiger partial charge in [-0.2, -0.15) is 0 Å². The maximum Gasteiger partial charge on any atom is 0.339 e. The minimum absolute atomic E-state index is 0.0178. The molecule has 5 heteroatoms. The van der Waals surface area contributed by atoms with Crippen molar-refractivity contribution in [2.45, 2.75) is 6.92 Å². The Bertz CT molecular complexity index is 390. The van der Waals surface area contributed by atoms with Crippen molar-refractivity contribution in [1.82, 2.24) is 0 Å². The molecule has 76 valence electrons. The molecule has 0 saturated heterocycles. The number of nitrogen functional groups attached to an aromatic ring is 1. The highest BCUT2D eigenvalue weighted by atomic mass is 35.5. The van der Waals surface area contributed by atoms with Crippen LogP contribution in [0.15, 0.2) is 6.07 Å². The molecule has 0 fully saturated rings. The molecule has 0 saturated carbocycles. The molecule has 0 aliphatic carbocycles. The molecule has 0 unspecified atom stereocenters. The SMILES string of the molecule is COc1c(C(=O)O)cc(Cl)c(N)c1C. The Hall–Kier alpha value is -1.42. The lowest BCUT2D eigenvalue weighted by atomic mass is 10.1. The van der Waals surface area contributed by atoms with Gasteiger partial charge in [0.15, 0.2) is 0 Å². The molecule has 0 amide bonds. The van der Waals surface area contributed by atoms with E-state index in [1.807, 2.05) is 0 Å². The van der Waals surface area contributed by atoms with E-state index in [2.05, 4.69) is 0 Å². The second-order valence-corrected chi connectivity index (χ2v) is 3.19. The molecule has 1 aromatic rings. The summed E-state index contributed by atoms with van der Waals surface area (Å²) in [5.41, 5.74) is 6.52. The first-order chi connectivity index (χ1) is 6.49. The Kier molecular flexibility index (Phi) is 2.86. The van der Waals surface area contributed by atoms with Crippen molar-refractivity contribution < 1.29 is 14.6 Å². The van der Waals surface area contributed by atoms with Crippen LogP contribution in [0.5, 0.6) is 5.75 Å². The van der Waals surface area contributed by atoms with Crippen LogP contribution in [0.3, 0.4) is 0 Å². The molecule has 0 heterocycles. The van der Waals surface area contributed by atoms with Gasteiger partial charge in [-0.3, -0.25) is 0 Å². The van der Waals surface area contributed by atoms with Crippen LogP contribution >= 0.6 is 11.6 Å². The van der Waals surface area contributed by atoms with Gasteiger partial charge in [0.1, 0.15) is 11.3 Å². The summed E-state index contributed by atoms with van der Waals surface area (Å²) in [5, 5.41) is 9.08. The summed E-state index contributed by atoms with van der Waals surface area (Å²) in [6.45, 7) is 1.66. The van der Waals surface area contributed by atoms with E-state index in [0.717, 1.165) is 0 Å². The third-order valence-corrected chi connectivity index (χ3v) is 2.26. The molecule has 0 atom stereocenters. The van der Waals surface area contributed by atoms with Gasteiger partial charge in [0.05, 0.1) is 17.8 Å². The molecule has 0 radical (unpaired) electrons. The van der Waals surface area contributed by atoms with Crippen molar-refractivity contribution in [2.75, 3.05) is 12.8 Å². The normalized spacial score (nSPS) is 9.93. The number of rotatable bonds is 2. The predicted molar refractivity (Wildman–Crippen MR) is 54.1 cm³/mol. The fraction of sp³-hybridized carbons (Fsp3) is 0.222. The molecule has 1 rings (SSSR count). The van der Waals surface area contributed by atoms with Gasteiger partial charge in [-0.15, -0.1) is 0 Å². The first-order valence-electron chi connectivity index (χ1n) is 3.85. The summed E-state index contributed by atoms with van der Waals surface area (Å²) < 4.78 is 4.95. The molecule has 4 nitrogen and oxygen atoms in total. The zero-order chi connectivity index (χ0) is 10.9. The average molecular weight is 216 g/mol. The van der Waals surface area contributed by atoms with Crippen LogP contribution in [-0.2, 0) is 0 Å². The molecule has 14 heavy (non-hydrogen) atoms. The largest absolute Gasteiger partial charge is 0.495 e. The Labute approximate surface area is 86.2 Å². The van der Waals surface area contributed by atoms with Gasteiger partial charge in [-0.05, 0) is 13.0 Å². The molecule has 0 aliphatic rings. The number of halogens is 1.